The molecule has 3 amide bonds. The summed E-state index contributed by atoms with van der Waals surface area (Å²) >= 11 is 0. The second-order valence-corrected chi connectivity index (χ2v) is 6.73. The molecule has 0 atom stereocenters. The molecule has 1 saturated heterocycles. The van der Waals surface area contributed by atoms with Gasteiger partial charge in [-0.25, -0.2) is 9.18 Å². The van der Waals surface area contributed by atoms with Gasteiger partial charge in [0, 0.05) is 32.9 Å². The summed E-state index contributed by atoms with van der Waals surface area (Å²) in [5.41, 5.74) is 0.733. The van der Waals surface area contributed by atoms with Crippen molar-refractivity contribution in [3.05, 3.63) is 48.0 Å². The molecule has 0 unspecified atom stereocenters. The van der Waals surface area contributed by atoms with E-state index in [1.807, 2.05) is 0 Å². The van der Waals surface area contributed by atoms with E-state index < -0.39 is 5.82 Å². The number of nitrogens with zero attached hydrogens (tertiary/aromatic N) is 3. The topological polar surface area (TPSA) is 79.3 Å². The molecule has 1 aromatic carbocycles. The van der Waals surface area contributed by atoms with Crippen molar-refractivity contribution in [2.75, 3.05) is 25.0 Å². The highest BCUT2D eigenvalue weighted by Crippen LogP contribution is 2.21. The van der Waals surface area contributed by atoms with Crippen LogP contribution in [0.4, 0.5) is 14.9 Å². The van der Waals surface area contributed by atoms with Gasteiger partial charge in [0.2, 0.25) is 0 Å². The molecule has 1 aromatic heterocycles. The minimum absolute atomic E-state index is 0.128. The lowest BCUT2D eigenvalue weighted by Gasteiger charge is -2.32. The summed E-state index contributed by atoms with van der Waals surface area (Å²) in [4.78, 5) is 26.0. The monoisotopic (exact) mass is 373 g/mol. The molecule has 2 N–H and O–H groups in total. The van der Waals surface area contributed by atoms with Gasteiger partial charge >= 0.3 is 6.03 Å². The van der Waals surface area contributed by atoms with Gasteiger partial charge in [0.05, 0.1) is 5.69 Å². The highest BCUT2D eigenvalue weighted by atomic mass is 19.1. The van der Waals surface area contributed by atoms with E-state index in [1.54, 1.807) is 47.1 Å². The van der Waals surface area contributed by atoms with Crippen LogP contribution in [0.2, 0.25) is 0 Å². The van der Waals surface area contributed by atoms with E-state index in [9.17, 15) is 14.0 Å². The van der Waals surface area contributed by atoms with Crippen molar-refractivity contribution in [2.24, 2.45) is 13.0 Å². The van der Waals surface area contributed by atoms with Crippen LogP contribution in [0.5, 0.6) is 0 Å². The second-order valence-electron chi connectivity index (χ2n) is 6.73. The quantitative estimate of drug-likeness (QED) is 0.846. The van der Waals surface area contributed by atoms with Crippen LogP contribution in [0.25, 0.3) is 0 Å². The van der Waals surface area contributed by atoms with Crippen LogP contribution in [-0.2, 0) is 7.05 Å². The van der Waals surface area contributed by atoms with Gasteiger partial charge in [0.15, 0.2) is 0 Å². The zero-order valence-electron chi connectivity index (χ0n) is 15.3. The fourth-order valence-corrected chi connectivity index (χ4v) is 3.26. The molecule has 27 heavy (non-hydrogen) atoms. The molecule has 7 nitrogen and oxygen atoms in total. The average molecular weight is 373 g/mol. The van der Waals surface area contributed by atoms with Crippen LogP contribution in [-0.4, -0.2) is 46.3 Å². The SMILES string of the molecule is Cn1nccc1C(=O)NCCC1CCN(C(=O)Nc2ccccc2F)CC1. The van der Waals surface area contributed by atoms with E-state index in [-0.39, 0.29) is 17.6 Å². The maximum absolute atomic E-state index is 13.6. The molecule has 2 aromatic rings. The van der Waals surface area contributed by atoms with E-state index in [4.69, 9.17) is 0 Å². The second kappa shape index (κ2) is 8.66. The number of piperidine rings is 1. The lowest BCUT2D eigenvalue weighted by Crippen LogP contribution is -2.41. The van der Waals surface area contributed by atoms with Gasteiger partial charge in [-0.05, 0) is 43.4 Å². The number of para-hydroxylation sites is 1. The molecule has 8 heteroatoms. The summed E-state index contributed by atoms with van der Waals surface area (Å²) in [7, 11) is 1.73. The zero-order chi connectivity index (χ0) is 19.2. The Balaban J connectivity index is 1.39. The van der Waals surface area contributed by atoms with Gasteiger partial charge in [-0.1, -0.05) is 12.1 Å². The molecular weight excluding hydrogens is 349 g/mol. The smallest absolute Gasteiger partial charge is 0.321 e. The Morgan fingerprint density at radius 3 is 2.63 bits per heavy atom. The van der Waals surface area contributed by atoms with Crippen LogP contribution in [0.1, 0.15) is 29.8 Å². The normalized spacial score (nSPS) is 14.8. The predicted molar refractivity (Wildman–Crippen MR) is 99.9 cm³/mol. The number of carbonyl (C=O) groups excluding carboxylic acids is 2. The van der Waals surface area contributed by atoms with E-state index in [0.29, 0.717) is 31.2 Å². The maximum atomic E-state index is 13.6. The summed E-state index contributed by atoms with van der Waals surface area (Å²) in [5, 5.41) is 9.52. The highest BCUT2D eigenvalue weighted by molar-refractivity contribution is 5.92. The molecule has 0 spiro atoms. The number of hydrogen-bond acceptors (Lipinski definition) is 3. The van der Waals surface area contributed by atoms with Crippen molar-refractivity contribution in [2.45, 2.75) is 19.3 Å². The Morgan fingerprint density at radius 1 is 1.22 bits per heavy atom. The zero-order valence-corrected chi connectivity index (χ0v) is 15.3. The van der Waals surface area contributed by atoms with Gasteiger partial charge in [-0.15, -0.1) is 0 Å². The van der Waals surface area contributed by atoms with Crippen molar-refractivity contribution < 1.29 is 14.0 Å². The predicted octanol–water partition coefficient (Wildman–Crippen LogP) is 2.62. The molecule has 0 aliphatic carbocycles. The molecule has 1 fully saturated rings. The molecule has 0 saturated carbocycles. The third kappa shape index (κ3) is 4.84. The molecule has 2 heterocycles. The van der Waals surface area contributed by atoms with Crippen LogP contribution in [0, 0.1) is 11.7 Å². The number of rotatable bonds is 5. The van der Waals surface area contributed by atoms with Crippen molar-refractivity contribution in [1.29, 1.82) is 0 Å². The van der Waals surface area contributed by atoms with Crippen LogP contribution < -0.4 is 10.6 Å². The van der Waals surface area contributed by atoms with Crippen LogP contribution in [0.3, 0.4) is 0 Å². The summed E-state index contributed by atoms with van der Waals surface area (Å²) in [6.07, 6.45) is 4.20. The Bertz CT molecular complexity index is 799. The summed E-state index contributed by atoms with van der Waals surface area (Å²) in [5.74, 6) is -0.115. The fourth-order valence-electron chi connectivity index (χ4n) is 3.26. The first-order chi connectivity index (χ1) is 13.0. The number of likely N-dealkylation sites (tertiary alicyclic amines) is 1. The number of carbonyl (C=O) groups is 2. The lowest BCUT2D eigenvalue weighted by molar-refractivity contribution is 0.0940. The Labute approximate surface area is 157 Å². The van der Waals surface area contributed by atoms with Gasteiger partial charge < -0.3 is 15.5 Å². The maximum Gasteiger partial charge on any atom is 0.321 e. The number of hydrogen-bond donors (Lipinski definition) is 2. The summed E-state index contributed by atoms with van der Waals surface area (Å²) in [6, 6.07) is 7.55. The Hall–Kier alpha value is -2.90. The third-order valence-electron chi connectivity index (χ3n) is 4.91. The number of aromatic nitrogens is 2. The minimum Gasteiger partial charge on any atom is -0.351 e. The Kier molecular flexibility index (Phi) is 6.05. The first kappa shape index (κ1) is 18.9. The Morgan fingerprint density at radius 2 is 1.96 bits per heavy atom. The number of urea groups is 1. The number of nitrogens with one attached hydrogen (secondary N) is 2. The molecule has 144 valence electrons. The van der Waals surface area contributed by atoms with Crippen molar-refractivity contribution in [1.82, 2.24) is 20.0 Å². The summed E-state index contributed by atoms with van der Waals surface area (Å²) < 4.78 is 15.2. The van der Waals surface area contributed by atoms with Crippen LogP contribution >= 0.6 is 0 Å². The van der Waals surface area contributed by atoms with E-state index >= 15 is 0 Å². The van der Waals surface area contributed by atoms with Gasteiger partial charge in [-0.3, -0.25) is 9.48 Å². The third-order valence-corrected chi connectivity index (χ3v) is 4.91. The van der Waals surface area contributed by atoms with Gasteiger partial charge in [0.25, 0.3) is 5.91 Å². The largest absolute Gasteiger partial charge is 0.351 e. The molecular formula is C19H24FN5O2. The molecule has 0 bridgehead atoms. The van der Waals surface area contributed by atoms with Crippen molar-refractivity contribution in [3.63, 3.8) is 0 Å². The number of benzene rings is 1. The lowest BCUT2D eigenvalue weighted by atomic mass is 9.93. The highest BCUT2D eigenvalue weighted by Gasteiger charge is 2.23. The van der Waals surface area contributed by atoms with E-state index in [2.05, 4.69) is 15.7 Å². The van der Waals surface area contributed by atoms with E-state index in [0.717, 1.165) is 19.3 Å². The average Bonchev–Trinajstić information content (AvgIpc) is 3.10. The molecule has 1 aliphatic rings. The van der Waals surface area contributed by atoms with Crippen LogP contribution in [0.15, 0.2) is 36.5 Å². The van der Waals surface area contributed by atoms with Crippen molar-refractivity contribution in [3.8, 4) is 0 Å². The molecule has 1 aliphatic heterocycles. The standard InChI is InChI=1S/C19H24FN5O2/c1-24-17(7-11-22-24)18(26)21-10-6-14-8-12-25(13-9-14)19(27)23-16-5-3-2-4-15(16)20/h2-5,7,11,14H,6,8-10,12-13H2,1H3,(H,21,26)(H,23,27). The molecule has 0 radical (unpaired) electrons. The minimum atomic E-state index is -0.440. The fraction of sp³-hybridized carbons (Fsp3) is 0.421. The summed E-state index contributed by atoms with van der Waals surface area (Å²) in [6.45, 7) is 1.84. The first-order valence-corrected chi connectivity index (χ1v) is 9.11. The number of halogens is 1. The number of aryl methyl sites for hydroxylation is 1. The van der Waals surface area contributed by atoms with E-state index in [1.165, 1.54) is 6.07 Å². The number of anilines is 1. The molecule has 3 rings (SSSR count). The van der Waals surface area contributed by atoms with Crippen molar-refractivity contribution >= 4 is 17.6 Å². The first-order valence-electron chi connectivity index (χ1n) is 9.11. The van der Waals surface area contributed by atoms with Gasteiger partial charge in [0.1, 0.15) is 11.5 Å². The number of amides is 3. The van der Waals surface area contributed by atoms with Gasteiger partial charge in [-0.2, -0.15) is 5.10 Å².